The van der Waals surface area contributed by atoms with E-state index < -0.39 is 11.7 Å². The Balaban J connectivity index is 0.00000364. The highest BCUT2D eigenvalue weighted by Gasteiger charge is 2.33. The monoisotopic (exact) mass is 495 g/mol. The predicted octanol–water partition coefficient (Wildman–Crippen LogP) is 4.33. The summed E-state index contributed by atoms with van der Waals surface area (Å²) in [5.74, 6) is 0.105. The van der Waals surface area contributed by atoms with Crippen molar-refractivity contribution >= 4 is 29.9 Å². The molecule has 5 nitrogen and oxygen atoms in total. The minimum absolute atomic E-state index is 0. The number of hydrogen-bond acceptors (Lipinski definition) is 2. The van der Waals surface area contributed by atoms with Crippen molar-refractivity contribution in [3.05, 3.63) is 46.8 Å². The average Bonchev–Trinajstić information content (AvgIpc) is 2.81. The van der Waals surface area contributed by atoms with E-state index in [4.69, 9.17) is 5.73 Å². The first kappa shape index (κ1) is 23.3. The van der Waals surface area contributed by atoms with Crippen LogP contribution in [0.1, 0.15) is 43.3 Å². The molecule has 150 valence electrons. The van der Waals surface area contributed by atoms with E-state index in [-0.39, 0.29) is 47.6 Å². The molecular weight excluding hydrogens is 470 g/mol. The number of benzene rings is 1. The second kappa shape index (κ2) is 8.49. The molecular formula is C18H25F3IN5. The Morgan fingerprint density at radius 1 is 1.19 bits per heavy atom. The van der Waals surface area contributed by atoms with Gasteiger partial charge in [-0.15, -0.1) is 24.0 Å². The summed E-state index contributed by atoms with van der Waals surface area (Å²) in [5, 5.41) is 7.17. The van der Waals surface area contributed by atoms with E-state index in [1.54, 1.807) is 19.9 Å². The van der Waals surface area contributed by atoms with Crippen molar-refractivity contribution in [2.75, 3.05) is 0 Å². The molecule has 9 heteroatoms. The number of hydrogen-bond donors (Lipinski definition) is 2. The number of nitrogens with zero attached hydrogens (tertiary/aromatic N) is 3. The first-order valence-corrected chi connectivity index (χ1v) is 8.19. The summed E-state index contributed by atoms with van der Waals surface area (Å²) in [6, 6.07) is 5.93. The van der Waals surface area contributed by atoms with Gasteiger partial charge in [-0.25, -0.2) is 9.67 Å². The highest BCUT2D eigenvalue weighted by Crippen LogP contribution is 2.34. The van der Waals surface area contributed by atoms with Crippen molar-refractivity contribution in [2.24, 2.45) is 10.7 Å². The van der Waals surface area contributed by atoms with E-state index in [0.29, 0.717) is 5.69 Å². The van der Waals surface area contributed by atoms with E-state index in [1.807, 2.05) is 26.8 Å². The van der Waals surface area contributed by atoms with Crippen LogP contribution in [0.2, 0.25) is 0 Å². The molecule has 0 fully saturated rings. The van der Waals surface area contributed by atoms with Crippen LogP contribution in [-0.4, -0.2) is 21.3 Å². The van der Waals surface area contributed by atoms with Gasteiger partial charge in [0.25, 0.3) is 0 Å². The van der Waals surface area contributed by atoms with Crippen molar-refractivity contribution in [3.8, 4) is 5.69 Å². The number of aryl methyl sites for hydroxylation is 2. The van der Waals surface area contributed by atoms with Crippen LogP contribution in [0.5, 0.6) is 0 Å². The van der Waals surface area contributed by atoms with Gasteiger partial charge < -0.3 is 11.1 Å². The van der Waals surface area contributed by atoms with Crippen molar-refractivity contribution in [2.45, 2.75) is 52.9 Å². The van der Waals surface area contributed by atoms with Crippen LogP contribution in [0, 0.1) is 13.8 Å². The van der Waals surface area contributed by atoms with Crippen molar-refractivity contribution < 1.29 is 13.2 Å². The summed E-state index contributed by atoms with van der Waals surface area (Å²) in [7, 11) is 0. The van der Waals surface area contributed by atoms with Crippen LogP contribution in [0.3, 0.4) is 0 Å². The fraction of sp³-hybridized carbons (Fsp3) is 0.444. The number of rotatable bonds is 3. The lowest BCUT2D eigenvalue weighted by Crippen LogP contribution is -2.45. The van der Waals surface area contributed by atoms with E-state index >= 15 is 0 Å². The number of guanidine groups is 1. The Labute approximate surface area is 174 Å². The maximum atomic E-state index is 13.5. The maximum absolute atomic E-state index is 13.5. The van der Waals surface area contributed by atoms with E-state index in [0.717, 1.165) is 17.5 Å². The normalized spacial score (nSPS) is 12.7. The number of nitrogens with two attached hydrogens (primary N) is 1. The summed E-state index contributed by atoms with van der Waals surface area (Å²) in [6.07, 6.45) is -4.50. The molecule has 0 unspecified atom stereocenters. The number of alkyl halides is 3. The molecule has 27 heavy (non-hydrogen) atoms. The fourth-order valence-electron chi connectivity index (χ4n) is 2.58. The number of aliphatic imine (C=N–C) groups is 1. The smallest absolute Gasteiger partial charge is 0.370 e. The standard InChI is InChI=1S/C18H24F3N5.HI/c1-11-8-12(2)26(25-11)14-7-6-13(15(9-14)18(19,20)21)10-23-16(22)24-17(3,4)5;/h6-9H,10H2,1-5H3,(H3,22,23,24);1H. The molecule has 0 bridgehead atoms. The molecule has 0 saturated heterocycles. The molecule has 2 aromatic rings. The summed E-state index contributed by atoms with van der Waals surface area (Å²) in [6.45, 7) is 9.09. The van der Waals surface area contributed by atoms with Crippen molar-refractivity contribution in [1.29, 1.82) is 0 Å². The molecule has 0 spiro atoms. The zero-order valence-corrected chi connectivity index (χ0v) is 18.3. The third kappa shape index (κ3) is 6.40. The number of halogens is 4. The van der Waals surface area contributed by atoms with Gasteiger partial charge in [-0.05, 0) is 58.4 Å². The lowest BCUT2D eigenvalue weighted by molar-refractivity contribution is -0.138. The van der Waals surface area contributed by atoms with Gasteiger partial charge in [0, 0.05) is 11.2 Å². The molecule has 3 N–H and O–H groups in total. The topological polar surface area (TPSA) is 68.2 Å². The molecule has 0 radical (unpaired) electrons. The number of aromatic nitrogens is 2. The quantitative estimate of drug-likeness (QED) is 0.379. The van der Waals surface area contributed by atoms with Crippen molar-refractivity contribution in [3.63, 3.8) is 0 Å². The van der Waals surface area contributed by atoms with Crippen LogP contribution < -0.4 is 11.1 Å². The highest BCUT2D eigenvalue weighted by atomic mass is 127. The summed E-state index contributed by atoms with van der Waals surface area (Å²) >= 11 is 0. The van der Waals surface area contributed by atoms with E-state index in [2.05, 4.69) is 15.4 Å². The Morgan fingerprint density at radius 3 is 2.30 bits per heavy atom. The highest BCUT2D eigenvalue weighted by molar-refractivity contribution is 14.0. The minimum atomic E-state index is -4.50. The molecule has 0 saturated carbocycles. The molecule has 1 heterocycles. The maximum Gasteiger partial charge on any atom is 0.416 e. The molecule has 1 aromatic carbocycles. The predicted molar refractivity (Wildman–Crippen MR) is 112 cm³/mol. The summed E-state index contributed by atoms with van der Waals surface area (Å²) in [4.78, 5) is 4.04. The van der Waals surface area contributed by atoms with E-state index in [9.17, 15) is 13.2 Å². The van der Waals surface area contributed by atoms with Gasteiger partial charge in [0.05, 0.1) is 23.5 Å². The van der Waals surface area contributed by atoms with Gasteiger partial charge >= 0.3 is 6.18 Å². The second-order valence-corrected chi connectivity index (χ2v) is 7.25. The Kier molecular flexibility index (Phi) is 7.31. The van der Waals surface area contributed by atoms with Gasteiger partial charge in [0.15, 0.2) is 5.96 Å². The summed E-state index contributed by atoms with van der Waals surface area (Å²) < 4.78 is 42.1. The van der Waals surface area contributed by atoms with E-state index in [1.165, 1.54) is 10.7 Å². The third-order valence-corrected chi connectivity index (χ3v) is 3.58. The van der Waals surface area contributed by atoms with Gasteiger partial charge in [-0.2, -0.15) is 18.3 Å². The third-order valence-electron chi connectivity index (χ3n) is 3.58. The molecule has 1 aromatic heterocycles. The van der Waals surface area contributed by atoms with Gasteiger partial charge in [-0.3, -0.25) is 0 Å². The fourth-order valence-corrected chi connectivity index (χ4v) is 2.58. The molecule has 0 amide bonds. The zero-order chi connectivity index (χ0) is 19.7. The van der Waals surface area contributed by atoms with Crippen LogP contribution >= 0.6 is 24.0 Å². The minimum Gasteiger partial charge on any atom is -0.370 e. The SMILES string of the molecule is Cc1cc(C)n(-c2ccc(CN=C(N)NC(C)(C)C)c(C(F)(F)F)c2)n1.I. The van der Waals surface area contributed by atoms with Crippen LogP contribution in [-0.2, 0) is 12.7 Å². The molecule has 0 aliphatic carbocycles. The van der Waals surface area contributed by atoms with Crippen LogP contribution in [0.25, 0.3) is 5.69 Å². The van der Waals surface area contributed by atoms with Gasteiger partial charge in [0.1, 0.15) is 0 Å². The largest absolute Gasteiger partial charge is 0.416 e. The molecule has 0 atom stereocenters. The average molecular weight is 495 g/mol. The Bertz CT molecular complexity index is 819. The van der Waals surface area contributed by atoms with Gasteiger partial charge in [0.2, 0.25) is 0 Å². The van der Waals surface area contributed by atoms with Crippen LogP contribution in [0.4, 0.5) is 13.2 Å². The zero-order valence-electron chi connectivity index (χ0n) is 16.0. The molecule has 2 rings (SSSR count). The van der Waals surface area contributed by atoms with Crippen LogP contribution in [0.15, 0.2) is 29.3 Å². The summed E-state index contributed by atoms with van der Waals surface area (Å²) in [5.41, 5.74) is 6.61. The molecule has 0 aliphatic heterocycles. The van der Waals surface area contributed by atoms with Gasteiger partial charge in [-0.1, -0.05) is 6.07 Å². The Morgan fingerprint density at radius 2 is 1.81 bits per heavy atom. The Hall–Kier alpha value is -1.78. The first-order chi connectivity index (χ1) is 11.9. The first-order valence-electron chi connectivity index (χ1n) is 8.19. The number of nitrogens with one attached hydrogen (secondary N) is 1. The second-order valence-electron chi connectivity index (χ2n) is 7.25. The lowest BCUT2D eigenvalue weighted by atomic mass is 10.1. The van der Waals surface area contributed by atoms with Crippen molar-refractivity contribution in [1.82, 2.24) is 15.1 Å². The molecule has 0 aliphatic rings. The lowest BCUT2D eigenvalue weighted by Gasteiger charge is -2.21.